The summed E-state index contributed by atoms with van der Waals surface area (Å²) in [4.78, 5) is 12.8. The number of primary amides is 1. The van der Waals surface area contributed by atoms with Gasteiger partial charge < -0.3 is 16.0 Å². The Morgan fingerprint density at radius 1 is 1.53 bits per heavy atom. The molecule has 2 aliphatic heterocycles. The lowest BCUT2D eigenvalue weighted by Crippen LogP contribution is -2.66. The molecule has 0 aliphatic carbocycles. The Hall–Kier alpha value is -0.770. The lowest BCUT2D eigenvalue weighted by atomic mass is 9.65. The van der Waals surface area contributed by atoms with Gasteiger partial charge in [0, 0.05) is 31.1 Å². The molecule has 2 saturated heterocycles. The first-order valence-corrected chi connectivity index (χ1v) is 5.96. The minimum Gasteiger partial charge on any atom is -0.351 e. The molecule has 2 aliphatic rings. The summed E-state index contributed by atoms with van der Waals surface area (Å²) < 4.78 is 0. The molecule has 15 heavy (non-hydrogen) atoms. The second-order valence-corrected chi connectivity index (χ2v) is 4.91. The van der Waals surface area contributed by atoms with Crippen molar-refractivity contribution >= 4 is 6.03 Å². The summed E-state index contributed by atoms with van der Waals surface area (Å²) in [6, 6.07) is 0.418. The maximum atomic E-state index is 11.0. The van der Waals surface area contributed by atoms with E-state index in [1.807, 2.05) is 0 Å². The van der Waals surface area contributed by atoms with E-state index < -0.39 is 0 Å². The fourth-order valence-corrected chi connectivity index (χ4v) is 2.93. The van der Waals surface area contributed by atoms with Crippen LogP contribution >= 0.6 is 0 Å². The molecule has 0 aromatic rings. The number of piperidine rings is 1. The van der Waals surface area contributed by atoms with Crippen molar-refractivity contribution < 1.29 is 4.79 Å². The van der Waals surface area contributed by atoms with Gasteiger partial charge >= 0.3 is 6.03 Å². The van der Waals surface area contributed by atoms with E-state index in [-0.39, 0.29) is 6.03 Å². The highest BCUT2D eigenvalue weighted by Crippen LogP contribution is 2.41. The Balaban J connectivity index is 1.89. The van der Waals surface area contributed by atoms with Gasteiger partial charge in [0.1, 0.15) is 0 Å². The largest absolute Gasteiger partial charge is 0.351 e. The molecule has 0 aromatic heterocycles. The van der Waals surface area contributed by atoms with E-state index in [4.69, 9.17) is 5.73 Å². The molecule has 0 radical (unpaired) electrons. The van der Waals surface area contributed by atoms with Gasteiger partial charge in [-0.2, -0.15) is 0 Å². The molecule has 2 heterocycles. The zero-order chi connectivity index (χ0) is 10.9. The average molecular weight is 211 g/mol. The molecule has 1 unspecified atom stereocenters. The quantitative estimate of drug-likeness (QED) is 0.713. The summed E-state index contributed by atoms with van der Waals surface area (Å²) in [5, 5.41) is 3.52. The molecule has 0 saturated carbocycles. The highest BCUT2D eigenvalue weighted by atomic mass is 16.2. The fourth-order valence-electron chi connectivity index (χ4n) is 2.93. The lowest BCUT2D eigenvalue weighted by Gasteiger charge is -2.54. The van der Waals surface area contributed by atoms with Crippen LogP contribution in [0.2, 0.25) is 0 Å². The van der Waals surface area contributed by atoms with E-state index in [1.54, 1.807) is 4.90 Å². The van der Waals surface area contributed by atoms with Gasteiger partial charge in [0.25, 0.3) is 0 Å². The number of carbonyl (C=O) groups is 1. The smallest absolute Gasteiger partial charge is 0.314 e. The number of nitrogens with one attached hydrogen (secondary N) is 1. The van der Waals surface area contributed by atoms with Crippen molar-refractivity contribution in [3.8, 4) is 0 Å². The number of hydrogen-bond acceptors (Lipinski definition) is 2. The fraction of sp³-hybridized carbons (Fsp3) is 0.909. The second kappa shape index (κ2) is 4.00. The molecule has 2 amide bonds. The average Bonchev–Trinajstić information content (AvgIpc) is 2.24. The Kier molecular flexibility index (Phi) is 2.87. The van der Waals surface area contributed by atoms with Crippen LogP contribution in [0.1, 0.15) is 32.6 Å². The van der Waals surface area contributed by atoms with Gasteiger partial charge in [-0.25, -0.2) is 4.79 Å². The van der Waals surface area contributed by atoms with Crippen molar-refractivity contribution in [2.75, 3.05) is 19.6 Å². The zero-order valence-corrected chi connectivity index (χ0v) is 9.46. The normalized spacial score (nSPS) is 28.9. The summed E-state index contributed by atoms with van der Waals surface area (Å²) >= 11 is 0. The second-order valence-electron chi connectivity index (χ2n) is 4.91. The van der Waals surface area contributed by atoms with Gasteiger partial charge in [-0.15, -0.1) is 0 Å². The van der Waals surface area contributed by atoms with Crippen molar-refractivity contribution in [1.29, 1.82) is 0 Å². The maximum absolute atomic E-state index is 11.0. The highest BCUT2D eigenvalue weighted by Gasteiger charge is 2.47. The number of likely N-dealkylation sites (tertiary alicyclic amines) is 1. The number of nitrogens with two attached hydrogens (primary N) is 1. The summed E-state index contributed by atoms with van der Waals surface area (Å²) in [7, 11) is 0. The minimum absolute atomic E-state index is 0.260. The van der Waals surface area contributed by atoms with Crippen molar-refractivity contribution in [2.45, 2.75) is 38.6 Å². The van der Waals surface area contributed by atoms with Gasteiger partial charge in [0.2, 0.25) is 0 Å². The Labute approximate surface area is 91.2 Å². The summed E-state index contributed by atoms with van der Waals surface area (Å²) in [5.41, 5.74) is 5.75. The minimum atomic E-state index is -0.260. The van der Waals surface area contributed by atoms with Crippen molar-refractivity contribution in [3.05, 3.63) is 0 Å². The Morgan fingerprint density at radius 2 is 2.20 bits per heavy atom. The number of carbonyl (C=O) groups excluding carboxylic acids is 1. The molecule has 86 valence electrons. The monoisotopic (exact) mass is 211 g/mol. The van der Waals surface area contributed by atoms with Crippen LogP contribution in [-0.2, 0) is 0 Å². The molecule has 0 bridgehead atoms. The van der Waals surface area contributed by atoms with Gasteiger partial charge in [-0.3, -0.25) is 0 Å². The van der Waals surface area contributed by atoms with E-state index in [2.05, 4.69) is 12.2 Å². The van der Waals surface area contributed by atoms with Gasteiger partial charge in [-0.05, 0) is 19.3 Å². The van der Waals surface area contributed by atoms with Crippen molar-refractivity contribution in [3.63, 3.8) is 0 Å². The van der Waals surface area contributed by atoms with Crippen LogP contribution in [0.3, 0.4) is 0 Å². The molecule has 1 spiro atoms. The molecule has 0 aromatic carbocycles. The summed E-state index contributed by atoms with van der Waals surface area (Å²) in [5.74, 6) is 0. The van der Waals surface area contributed by atoms with Gasteiger partial charge in [0.05, 0.1) is 0 Å². The van der Waals surface area contributed by atoms with E-state index in [0.29, 0.717) is 11.5 Å². The molecule has 1 atom stereocenters. The Bertz CT molecular complexity index is 246. The summed E-state index contributed by atoms with van der Waals surface area (Å²) in [6.07, 6.45) is 4.73. The standard InChI is InChI=1S/C11H21N3O/c1-2-3-9-11(8-13-9)4-6-14(7-5-11)10(12)15/h9,13H,2-8H2,1H3,(H2,12,15). The third-order valence-corrected chi connectivity index (χ3v) is 4.09. The molecule has 2 rings (SSSR count). The highest BCUT2D eigenvalue weighted by molar-refractivity contribution is 5.72. The number of urea groups is 1. The molecule has 2 fully saturated rings. The first-order chi connectivity index (χ1) is 7.18. The maximum Gasteiger partial charge on any atom is 0.314 e. The van der Waals surface area contributed by atoms with Crippen LogP contribution in [0.4, 0.5) is 4.79 Å². The third kappa shape index (κ3) is 1.83. The van der Waals surface area contributed by atoms with Crippen LogP contribution in [0.5, 0.6) is 0 Å². The van der Waals surface area contributed by atoms with Crippen molar-refractivity contribution in [1.82, 2.24) is 10.2 Å². The molecule has 4 heteroatoms. The van der Waals surface area contributed by atoms with E-state index in [1.165, 1.54) is 12.8 Å². The number of rotatable bonds is 2. The number of nitrogens with zero attached hydrogens (tertiary/aromatic N) is 1. The predicted molar refractivity (Wildman–Crippen MR) is 59.5 cm³/mol. The first-order valence-electron chi connectivity index (χ1n) is 5.96. The molecular formula is C11H21N3O. The topological polar surface area (TPSA) is 58.4 Å². The van der Waals surface area contributed by atoms with Gasteiger partial charge in [-0.1, -0.05) is 13.3 Å². The van der Waals surface area contributed by atoms with E-state index in [9.17, 15) is 4.79 Å². The van der Waals surface area contributed by atoms with Crippen LogP contribution in [0.25, 0.3) is 0 Å². The molecule has 4 nitrogen and oxygen atoms in total. The van der Waals surface area contributed by atoms with Gasteiger partial charge in [0.15, 0.2) is 0 Å². The van der Waals surface area contributed by atoms with Crippen LogP contribution in [-0.4, -0.2) is 36.6 Å². The lowest BCUT2D eigenvalue weighted by molar-refractivity contribution is 0.0120. The predicted octanol–water partition coefficient (Wildman–Crippen LogP) is 0.919. The van der Waals surface area contributed by atoms with Crippen LogP contribution in [0, 0.1) is 5.41 Å². The van der Waals surface area contributed by atoms with Crippen LogP contribution in [0.15, 0.2) is 0 Å². The Morgan fingerprint density at radius 3 is 2.60 bits per heavy atom. The summed E-state index contributed by atoms with van der Waals surface area (Å²) in [6.45, 7) is 5.05. The molecule has 3 N–H and O–H groups in total. The van der Waals surface area contributed by atoms with E-state index >= 15 is 0 Å². The van der Waals surface area contributed by atoms with Crippen LogP contribution < -0.4 is 11.1 Å². The SMILES string of the molecule is CCCC1NCC12CCN(C(N)=O)CC2. The number of hydrogen-bond donors (Lipinski definition) is 2. The zero-order valence-electron chi connectivity index (χ0n) is 9.46. The third-order valence-electron chi connectivity index (χ3n) is 4.09. The first kappa shape index (κ1) is 10.7. The number of amides is 2. The van der Waals surface area contributed by atoms with Crippen molar-refractivity contribution in [2.24, 2.45) is 11.1 Å². The van der Waals surface area contributed by atoms with E-state index in [0.717, 1.165) is 32.5 Å². The molecular weight excluding hydrogens is 190 g/mol.